The maximum atomic E-state index is 11.5. The minimum Gasteiger partial charge on any atom is -0.490 e. The largest absolute Gasteiger partial charge is 0.490 e. The molecule has 1 aromatic carbocycles. The molecule has 0 heterocycles. The van der Waals surface area contributed by atoms with Gasteiger partial charge in [0.2, 0.25) is 0 Å². The van der Waals surface area contributed by atoms with Gasteiger partial charge in [-0.25, -0.2) is 5.43 Å². The number of carbonyl (C=O) groups excluding carboxylic acids is 2. The Labute approximate surface area is 130 Å². The second kappa shape index (κ2) is 7.97. The van der Waals surface area contributed by atoms with Crippen LogP contribution in [0.4, 0.5) is 0 Å². The summed E-state index contributed by atoms with van der Waals surface area (Å²) in [5.74, 6) is -0.876. The third kappa shape index (κ3) is 6.69. The van der Waals surface area contributed by atoms with Crippen LogP contribution in [-0.2, 0) is 9.59 Å². The van der Waals surface area contributed by atoms with Crippen LogP contribution in [0.3, 0.4) is 0 Å². The molecule has 0 fully saturated rings. The first-order valence-corrected chi connectivity index (χ1v) is 6.81. The highest BCUT2D eigenvalue weighted by atomic mass is 16.5. The topological polar surface area (TPSA) is 79.8 Å². The summed E-state index contributed by atoms with van der Waals surface area (Å²) in [5.41, 5.74) is 2.43. The average Bonchev–Trinajstić information content (AvgIpc) is 2.43. The fraction of sp³-hybridized carbons (Fsp3) is 0.312. The van der Waals surface area contributed by atoms with Crippen LogP contribution in [0.25, 0.3) is 0 Å². The number of rotatable bonds is 5. The van der Waals surface area contributed by atoms with Crippen molar-refractivity contribution in [3.05, 3.63) is 42.5 Å². The van der Waals surface area contributed by atoms with E-state index in [1.807, 2.05) is 0 Å². The molecule has 0 bridgehead atoms. The van der Waals surface area contributed by atoms with Gasteiger partial charge in [-0.3, -0.25) is 9.59 Å². The molecule has 22 heavy (non-hydrogen) atoms. The van der Waals surface area contributed by atoms with Gasteiger partial charge < -0.3 is 10.1 Å². The Bertz CT molecular complexity index is 574. The zero-order valence-electron chi connectivity index (χ0n) is 13.1. The Morgan fingerprint density at radius 3 is 2.68 bits per heavy atom. The summed E-state index contributed by atoms with van der Waals surface area (Å²) in [4.78, 5) is 23.1. The van der Waals surface area contributed by atoms with Crippen LogP contribution in [0.1, 0.15) is 26.3 Å². The van der Waals surface area contributed by atoms with Crippen LogP contribution in [0.2, 0.25) is 0 Å². The SMILES string of the molecule is C=CCOc1cccc(/C=N\NC(=O)C(=O)NC(C)(C)C)c1. The van der Waals surface area contributed by atoms with Gasteiger partial charge in [0.1, 0.15) is 12.4 Å². The van der Waals surface area contributed by atoms with Crippen molar-refractivity contribution in [2.75, 3.05) is 6.61 Å². The predicted octanol–water partition coefficient (Wildman–Crippen LogP) is 1.62. The van der Waals surface area contributed by atoms with E-state index in [-0.39, 0.29) is 0 Å². The second-order valence-electron chi connectivity index (χ2n) is 5.58. The molecule has 0 aliphatic rings. The monoisotopic (exact) mass is 303 g/mol. The van der Waals surface area contributed by atoms with Crippen LogP contribution < -0.4 is 15.5 Å². The van der Waals surface area contributed by atoms with Gasteiger partial charge in [-0.05, 0) is 38.5 Å². The van der Waals surface area contributed by atoms with Crippen molar-refractivity contribution in [3.8, 4) is 5.75 Å². The quantitative estimate of drug-likeness (QED) is 0.375. The molecule has 118 valence electrons. The van der Waals surface area contributed by atoms with E-state index in [0.29, 0.717) is 12.4 Å². The minimum atomic E-state index is -0.815. The van der Waals surface area contributed by atoms with Gasteiger partial charge in [0, 0.05) is 5.54 Å². The molecule has 0 saturated heterocycles. The fourth-order valence-electron chi connectivity index (χ4n) is 1.45. The van der Waals surface area contributed by atoms with Crippen molar-refractivity contribution >= 4 is 18.0 Å². The minimum absolute atomic E-state index is 0.407. The number of carbonyl (C=O) groups is 2. The van der Waals surface area contributed by atoms with Crippen molar-refractivity contribution < 1.29 is 14.3 Å². The molecule has 2 amide bonds. The molecule has 0 spiro atoms. The lowest BCUT2D eigenvalue weighted by Crippen LogP contribution is -2.47. The zero-order chi connectivity index (χ0) is 16.6. The first-order valence-electron chi connectivity index (χ1n) is 6.81. The van der Waals surface area contributed by atoms with Gasteiger partial charge in [-0.2, -0.15) is 5.10 Å². The van der Waals surface area contributed by atoms with Gasteiger partial charge >= 0.3 is 11.8 Å². The number of ether oxygens (including phenoxy) is 1. The van der Waals surface area contributed by atoms with Crippen molar-refractivity contribution in [2.45, 2.75) is 26.3 Å². The Hall–Kier alpha value is -2.63. The van der Waals surface area contributed by atoms with Crippen LogP contribution in [0.5, 0.6) is 5.75 Å². The second-order valence-corrected chi connectivity index (χ2v) is 5.58. The summed E-state index contributed by atoms with van der Waals surface area (Å²) in [6, 6.07) is 7.16. The Kier molecular flexibility index (Phi) is 6.31. The molecule has 0 saturated carbocycles. The Balaban J connectivity index is 2.56. The lowest BCUT2D eigenvalue weighted by molar-refractivity contribution is -0.140. The van der Waals surface area contributed by atoms with Crippen LogP contribution >= 0.6 is 0 Å². The van der Waals surface area contributed by atoms with E-state index in [0.717, 1.165) is 5.56 Å². The van der Waals surface area contributed by atoms with Gasteiger partial charge in [-0.1, -0.05) is 24.8 Å². The van der Waals surface area contributed by atoms with Gasteiger partial charge in [0.25, 0.3) is 0 Å². The number of hydrogen-bond acceptors (Lipinski definition) is 4. The van der Waals surface area contributed by atoms with Crippen LogP contribution in [-0.4, -0.2) is 30.2 Å². The number of hydrazone groups is 1. The first-order chi connectivity index (χ1) is 10.3. The highest BCUT2D eigenvalue weighted by Crippen LogP contribution is 2.11. The molecule has 1 aromatic rings. The van der Waals surface area contributed by atoms with Crippen molar-refractivity contribution in [1.82, 2.24) is 10.7 Å². The number of benzene rings is 1. The summed E-state index contributed by atoms with van der Waals surface area (Å²) in [5, 5.41) is 6.30. The summed E-state index contributed by atoms with van der Waals surface area (Å²) in [6.07, 6.45) is 3.08. The summed E-state index contributed by atoms with van der Waals surface area (Å²) < 4.78 is 5.39. The van der Waals surface area contributed by atoms with E-state index in [4.69, 9.17) is 4.74 Å². The lowest BCUT2D eigenvalue weighted by Gasteiger charge is -2.19. The molecule has 0 aromatic heterocycles. The molecule has 2 N–H and O–H groups in total. The molecule has 0 aliphatic carbocycles. The summed E-state index contributed by atoms with van der Waals surface area (Å²) in [6.45, 7) is 9.34. The van der Waals surface area contributed by atoms with Crippen LogP contribution in [0, 0.1) is 0 Å². The van der Waals surface area contributed by atoms with Crippen molar-refractivity contribution in [3.63, 3.8) is 0 Å². The van der Waals surface area contributed by atoms with E-state index >= 15 is 0 Å². The molecule has 1 rings (SSSR count). The standard InChI is InChI=1S/C16H21N3O3/c1-5-9-22-13-8-6-7-12(10-13)11-17-19-15(21)14(20)18-16(2,3)4/h5-8,10-11H,1,9H2,2-4H3,(H,18,20)(H,19,21)/b17-11-. The van der Waals surface area contributed by atoms with Crippen LogP contribution in [0.15, 0.2) is 42.0 Å². The number of amides is 2. The van der Waals surface area contributed by atoms with E-state index < -0.39 is 17.4 Å². The van der Waals surface area contributed by atoms with Gasteiger partial charge in [-0.15, -0.1) is 0 Å². The summed E-state index contributed by atoms with van der Waals surface area (Å²) in [7, 11) is 0. The fourth-order valence-corrected chi connectivity index (χ4v) is 1.45. The summed E-state index contributed by atoms with van der Waals surface area (Å²) >= 11 is 0. The molecule has 0 aliphatic heterocycles. The van der Waals surface area contributed by atoms with Gasteiger partial charge in [0.15, 0.2) is 0 Å². The molecule has 0 atom stereocenters. The first kappa shape index (κ1) is 17.4. The highest BCUT2D eigenvalue weighted by Gasteiger charge is 2.19. The van der Waals surface area contributed by atoms with Gasteiger partial charge in [0.05, 0.1) is 6.21 Å². The smallest absolute Gasteiger partial charge is 0.329 e. The normalized spacial score (nSPS) is 11.0. The molecule has 0 radical (unpaired) electrons. The lowest BCUT2D eigenvalue weighted by atomic mass is 10.1. The molecular formula is C16H21N3O3. The van der Waals surface area contributed by atoms with E-state index in [1.54, 1.807) is 51.1 Å². The van der Waals surface area contributed by atoms with Crippen molar-refractivity contribution in [1.29, 1.82) is 0 Å². The number of nitrogens with one attached hydrogen (secondary N) is 2. The Morgan fingerprint density at radius 2 is 2.05 bits per heavy atom. The highest BCUT2D eigenvalue weighted by molar-refractivity contribution is 6.35. The average molecular weight is 303 g/mol. The van der Waals surface area contributed by atoms with E-state index in [2.05, 4.69) is 22.4 Å². The van der Waals surface area contributed by atoms with E-state index in [1.165, 1.54) is 6.21 Å². The third-order valence-electron chi connectivity index (χ3n) is 2.30. The molecule has 6 heteroatoms. The maximum absolute atomic E-state index is 11.5. The van der Waals surface area contributed by atoms with Crippen molar-refractivity contribution in [2.24, 2.45) is 5.10 Å². The zero-order valence-corrected chi connectivity index (χ0v) is 13.1. The Morgan fingerprint density at radius 1 is 1.32 bits per heavy atom. The molecule has 0 unspecified atom stereocenters. The molecular weight excluding hydrogens is 282 g/mol. The number of nitrogens with zero attached hydrogens (tertiary/aromatic N) is 1. The van der Waals surface area contributed by atoms with E-state index in [9.17, 15) is 9.59 Å². The molecule has 6 nitrogen and oxygen atoms in total. The number of hydrogen-bond donors (Lipinski definition) is 2. The maximum Gasteiger partial charge on any atom is 0.329 e. The predicted molar refractivity (Wildman–Crippen MR) is 85.8 cm³/mol. The third-order valence-corrected chi connectivity index (χ3v) is 2.30.